The van der Waals surface area contributed by atoms with Crippen molar-refractivity contribution >= 4 is 74.2 Å². The van der Waals surface area contributed by atoms with Crippen LogP contribution in [0.5, 0.6) is 0 Å². The fourth-order valence-corrected chi connectivity index (χ4v) is 1.21. The molecule has 0 aromatic heterocycles. The van der Waals surface area contributed by atoms with Gasteiger partial charge in [0.25, 0.3) is 0 Å². The predicted molar refractivity (Wildman–Crippen MR) is 73.0 cm³/mol. The Labute approximate surface area is 118 Å². The molecule has 0 saturated carbocycles. The lowest BCUT2D eigenvalue weighted by Gasteiger charge is -2.06. The molecule has 0 radical (unpaired) electrons. The van der Waals surface area contributed by atoms with Crippen LogP contribution in [0.1, 0.15) is 0 Å². The summed E-state index contributed by atoms with van der Waals surface area (Å²) in [6, 6.07) is 8.97. The van der Waals surface area contributed by atoms with E-state index in [1.165, 1.54) is 0 Å². The lowest BCUT2D eigenvalue weighted by atomic mass is 10.3. The van der Waals surface area contributed by atoms with Gasteiger partial charge in [0.1, 0.15) is 0 Å². The van der Waals surface area contributed by atoms with Gasteiger partial charge in [0, 0.05) is 0 Å². The number of hydrogen-bond acceptors (Lipinski definition) is 1. The maximum atomic E-state index is 5.72. The number of rotatable bonds is 1. The van der Waals surface area contributed by atoms with Crippen molar-refractivity contribution in [3.8, 4) is 0 Å². The van der Waals surface area contributed by atoms with Crippen LogP contribution in [0.15, 0.2) is 40.3 Å². The molecular weight excluding hydrogens is 313 g/mol. The van der Waals surface area contributed by atoms with Crippen LogP contribution in [-0.4, -0.2) is 14.3 Å². The Hall–Kier alpha value is 0.0100. The van der Waals surface area contributed by atoms with E-state index in [4.69, 9.17) is 58.0 Å². The van der Waals surface area contributed by atoms with Gasteiger partial charge in [-0.3, -0.25) is 0 Å². The number of halogens is 5. The Kier molecular flexibility index (Phi) is 5.35. The Morgan fingerprint density at radius 2 is 1.56 bits per heavy atom. The summed E-state index contributed by atoms with van der Waals surface area (Å²) in [6.07, 6.45) is 0. The van der Waals surface area contributed by atoms with Crippen LogP contribution >= 0.6 is 58.0 Å². The molecule has 0 bridgehead atoms. The van der Waals surface area contributed by atoms with Gasteiger partial charge in [0.15, 0.2) is 5.17 Å². The number of hydrogen-bond donors (Lipinski definition) is 0. The van der Waals surface area contributed by atoms with Crippen molar-refractivity contribution in [3.05, 3.63) is 30.3 Å². The normalized spacial score (nSPS) is 14.1. The van der Waals surface area contributed by atoms with Crippen molar-refractivity contribution in [2.45, 2.75) is 3.79 Å². The number of aliphatic imine (C=N–C) groups is 2. The van der Waals surface area contributed by atoms with E-state index in [0.717, 1.165) is 0 Å². The molecule has 1 aromatic rings. The van der Waals surface area contributed by atoms with Crippen molar-refractivity contribution < 1.29 is 0 Å². The van der Waals surface area contributed by atoms with Gasteiger partial charge in [0.2, 0.25) is 9.09 Å². The fraction of sp³-hybridized carbons (Fsp3) is 0.111. The first-order valence-corrected chi connectivity index (χ1v) is 5.89. The second kappa shape index (κ2) is 6.08. The molecular formula is C9H5Cl5N2. The zero-order valence-electron chi connectivity index (χ0n) is 7.67. The number of nitrogens with zero attached hydrogens (tertiary/aromatic N) is 2. The molecule has 0 N–H and O–H groups in total. The first-order chi connectivity index (χ1) is 7.39. The summed E-state index contributed by atoms with van der Waals surface area (Å²) >= 11 is 27.8. The van der Waals surface area contributed by atoms with Crippen molar-refractivity contribution in [2.24, 2.45) is 9.98 Å². The number of alkyl halides is 3. The molecule has 2 nitrogen and oxygen atoms in total. The van der Waals surface area contributed by atoms with E-state index in [9.17, 15) is 0 Å². The Balaban J connectivity index is 2.88. The average Bonchev–Trinajstić information content (AvgIpc) is 2.17. The lowest BCUT2D eigenvalue weighted by molar-refractivity contribution is 1.48. The molecule has 86 valence electrons. The Bertz CT molecular complexity index is 408. The SMILES string of the molecule is ClC(=Nc1ccccc1)N=C(Cl)C(Cl)(Cl)Cl. The third kappa shape index (κ3) is 4.89. The molecule has 0 amide bonds. The molecule has 0 unspecified atom stereocenters. The van der Waals surface area contributed by atoms with Gasteiger partial charge in [0.05, 0.1) is 5.69 Å². The highest BCUT2D eigenvalue weighted by Gasteiger charge is 2.26. The molecule has 0 fully saturated rings. The standard InChI is InChI=1S/C9H5Cl5N2/c10-7(9(12,13)14)16-8(11)15-6-4-2-1-3-5-6/h1-5H. The summed E-state index contributed by atoms with van der Waals surface area (Å²) in [6.45, 7) is 0. The van der Waals surface area contributed by atoms with E-state index >= 15 is 0 Å². The summed E-state index contributed by atoms with van der Waals surface area (Å²) in [5.41, 5.74) is 0.630. The van der Waals surface area contributed by atoms with E-state index in [1.54, 1.807) is 12.1 Å². The van der Waals surface area contributed by atoms with Gasteiger partial charge in [-0.1, -0.05) is 64.6 Å². The molecule has 0 atom stereocenters. The molecule has 0 aliphatic carbocycles. The first kappa shape index (κ1) is 14.1. The summed E-state index contributed by atoms with van der Waals surface area (Å²) in [4.78, 5) is 7.59. The van der Waals surface area contributed by atoms with Gasteiger partial charge in [-0.25, -0.2) is 9.98 Å². The summed E-state index contributed by atoms with van der Waals surface area (Å²) in [7, 11) is 0. The minimum Gasteiger partial charge on any atom is -0.219 e. The average molecular weight is 318 g/mol. The van der Waals surface area contributed by atoms with Crippen LogP contribution in [0, 0.1) is 0 Å². The molecule has 7 heteroatoms. The van der Waals surface area contributed by atoms with Crippen LogP contribution in [-0.2, 0) is 0 Å². The largest absolute Gasteiger partial charge is 0.243 e. The molecule has 1 aromatic carbocycles. The summed E-state index contributed by atoms with van der Waals surface area (Å²) in [5.74, 6) is 0. The van der Waals surface area contributed by atoms with Crippen LogP contribution in [0.2, 0.25) is 0 Å². The molecule has 0 aliphatic heterocycles. The second-order valence-electron chi connectivity index (χ2n) is 2.62. The van der Waals surface area contributed by atoms with Gasteiger partial charge in [-0.05, 0) is 23.7 Å². The topological polar surface area (TPSA) is 24.7 Å². The van der Waals surface area contributed by atoms with E-state index in [-0.39, 0.29) is 10.5 Å². The minimum absolute atomic E-state index is 0.109. The Morgan fingerprint density at radius 1 is 1.00 bits per heavy atom. The fourth-order valence-electron chi connectivity index (χ4n) is 0.778. The number of amidine groups is 1. The van der Waals surface area contributed by atoms with Crippen LogP contribution in [0.4, 0.5) is 5.69 Å². The van der Waals surface area contributed by atoms with E-state index in [1.807, 2.05) is 18.2 Å². The minimum atomic E-state index is -1.80. The van der Waals surface area contributed by atoms with Gasteiger partial charge >= 0.3 is 0 Å². The molecule has 0 saturated heterocycles. The first-order valence-electron chi connectivity index (χ1n) is 4.00. The molecule has 0 aliphatic rings. The van der Waals surface area contributed by atoms with Crippen molar-refractivity contribution in [1.82, 2.24) is 0 Å². The maximum absolute atomic E-state index is 5.72. The summed E-state index contributed by atoms with van der Waals surface area (Å²) in [5, 5.41) is -0.371. The zero-order chi connectivity index (χ0) is 12.2. The molecule has 1 rings (SSSR count). The van der Waals surface area contributed by atoms with Gasteiger partial charge in [-0.15, -0.1) is 0 Å². The third-order valence-electron chi connectivity index (χ3n) is 1.40. The van der Waals surface area contributed by atoms with Crippen molar-refractivity contribution in [3.63, 3.8) is 0 Å². The summed E-state index contributed by atoms with van der Waals surface area (Å²) < 4.78 is -1.80. The monoisotopic (exact) mass is 316 g/mol. The van der Waals surface area contributed by atoms with E-state index in [0.29, 0.717) is 5.69 Å². The maximum Gasteiger partial charge on any atom is 0.243 e. The number of para-hydroxylation sites is 1. The quantitative estimate of drug-likeness (QED) is 0.304. The molecule has 16 heavy (non-hydrogen) atoms. The second-order valence-corrected chi connectivity index (χ2v) is 5.59. The van der Waals surface area contributed by atoms with Gasteiger partial charge < -0.3 is 0 Å². The van der Waals surface area contributed by atoms with Gasteiger partial charge in [-0.2, -0.15) is 0 Å². The third-order valence-corrected chi connectivity index (χ3v) is 2.77. The highest BCUT2D eigenvalue weighted by atomic mass is 35.6. The highest BCUT2D eigenvalue weighted by Crippen LogP contribution is 2.30. The molecule has 0 heterocycles. The van der Waals surface area contributed by atoms with Crippen LogP contribution in [0.3, 0.4) is 0 Å². The van der Waals surface area contributed by atoms with Crippen molar-refractivity contribution in [2.75, 3.05) is 0 Å². The van der Waals surface area contributed by atoms with Crippen molar-refractivity contribution in [1.29, 1.82) is 0 Å². The van der Waals surface area contributed by atoms with E-state index < -0.39 is 3.79 Å². The zero-order valence-corrected chi connectivity index (χ0v) is 11.5. The molecule has 0 spiro atoms. The van der Waals surface area contributed by atoms with E-state index in [2.05, 4.69) is 9.98 Å². The van der Waals surface area contributed by atoms with Crippen LogP contribution < -0.4 is 0 Å². The van der Waals surface area contributed by atoms with Crippen LogP contribution in [0.25, 0.3) is 0 Å². The Morgan fingerprint density at radius 3 is 2.06 bits per heavy atom. The predicted octanol–water partition coefficient (Wildman–Crippen LogP) is 4.92. The smallest absolute Gasteiger partial charge is 0.219 e. The number of benzene rings is 1. The lowest BCUT2D eigenvalue weighted by Crippen LogP contribution is -2.13. The highest BCUT2D eigenvalue weighted by molar-refractivity contribution is 6.90.